The van der Waals surface area contributed by atoms with E-state index in [-0.39, 0.29) is 0 Å². The molecule has 0 atom stereocenters. The highest BCUT2D eigenvalue weighted by Crippen LogP contribution is 2.08. The Balaban J connectivity index is 2.01. The van der Waals surface area contributed by atoms with Gasteiger partial charge in [-0.1, -0.05) is 13.8 Å². The molecule has 2 aromatic rings. The van der Waals surface area contributed by atoms with Gasteiger partial charge in [0.05, 0.1) is 12.7 Å². The van der Waals surface area contributed by atoms with Crippen LogP contribution in [0.4, 0.5) is 5.95 Å². The summed E-state index contributed by atoms with van der Waals surface area (Å²) in [5, 5.41) is 10.1. The van der Waals surface area contributed by atoms with Crippen LogP contribution in [0.5, 0.6) is 0 Å². The van der Waals surface area contributed by atoms with Gasteiger partial charge in [0, 0.05) is 30.7 Å². The number of hydrogen-bond donors (Lipinski definition) is 2. The largest absolute Gasteiger partial charge is 0.355 e. The standard InChI is InChI=1S/C11H17N5/c1-9(2)5-13-11-12-3-4-16(11)8-10-6-14-15-7-10/h3-4,6-7,9H,5,8H2,1-2H3,(H,12,13)(H,14,15). The Labute approximate surface area is 94.9 Å². The molecule has 2 aromatic heterocycles. The van der Waals surface area contributed by atoms with Crippen molar-refractivity contribution in [3.05, 3.63) is 30.4 Å². The lowest BCUT2D eigenvalue weighted by molar-refractivity contribution is 0.676. The zero-order chi connectivity index (χ0) is 11.4. The zero-order valence-corrected chi connectivity index (χ0v) is 9.64. The average molecular weight is 219 g/mol. The summed E-state index contributed by atoms with van der Waals surface area (Å²) in [5.74, 6) is 1.52. The minimum atomic E-state index is 0.610. The number of anilines is 1. The number of H-pyrrole nitrogens is 1. The minimum Gasteiger partial charge on any atom is -0.355 e. The van der Waals surface area contributed by atoms with Crippen LogP contribution in [0.2, 0.25) is 0 Å². The second-order valence-corrected chi connectivity index (χ2v) is 4.26. The Morgan fingerprint density at radius 1 is 1.50 bits per heavy atom. The zero-order valence-electron chi connectivity index (χ0n) is 9.64. The van der Waals surface area contributed by atoms with Gasteiger partial charge in [0.1, 0.15) is 0 Å². The van der Waals surface area contributed by atoms with Crippen LogP contribution in [0.3, 0.4) is 0 Å². The number of aromatic amines is 1. The molecule has 0 aromatic carbocycles. The molecule has 2 rings (SSSR count). The fourth-order valence-corrected chi connectivity index (χ4v) is 1.46. The van der Waals surface area contributed by atoms with Gasteiger partial charge in [-0.05, 0) is 5.92 Å². The normalized spacial score (nSPS) is 10.9. The monoisotopic (exact) mass is 219 g/mol. The number of hydrogen-bond acceptors (Lipinski definition) is 3. The SMILES string of the molecule is CC(C)CNc1nccn1Cc1cn[nH]c1. The van der Waals surface area contributed by atoms with Gasteiger partial charge >= 0.3 is 0 Å². The molecule has 5 heteroatoms. The van der Waals surface area contributed by atoms with Crippen LogP contribution in [-0.4, -0.2) is 26.3 Å². The molecule has 0 saturated carbocycles. The van der Waals surface area contributed by atoms with Crippen molar-refractivity contribution in [2.45, 2.75) is 20.4 Å². The summed E-state index contributed by atoms with van der Waals surface area (Å²) >= 11 is 0. The summed E-state index contributed by atoms with van der Waals surface area (Å²) in [6, 6.07) is 0. The van der Waals surface area contributed by atoms with Crippen molar-refractivity contribution in [2.75, 3.05) is 11.9 Å². The Bertz CT molecular complexity index is 415. The highest BCUT2D eigenvalue weighted by molar-refractivity contribution is 5.27. The van der Waals surface area contributed by atoms with E-state index in [1.54, 1.807) is 0 Å². The first-order valence-electron chi connectivity index (χ1n) is 5.48. The van der Waals surface area contributed by atoms with E-state index in [0.717, 1.165) is 24.6 Å². The summed E-state index contributed by atoms with van der Waals surface area (Å²) in [7, 11) is 0. The van der Waals surface area contributed by atoms with Crippen molar-refractivity contribution in [1.82, 2.24) is 19.7 Å². The fraction of sp³-hybridized carbons (Fsp3) is 0.455. The third-order valence-electron chi connectivity index (χ3n) is 2.29. The summed E-state index contributed by atoms with van der Waals surface area (Å²) < 4.78 is 2.08. The smallest absolute Gasteiger partial charge is 0.203 e. The van der Waals surface area contributed by atoms with Crippen LogP contribution in [0.1, 0.15) is 19.4 Å². The van der Waals surface area contributed by atoms with E-state index in [2.05, 4.69) is 38.9 Å². The van der Waals surface area contributed by atoms with Crippen LogP contribution in [-0.2, 0) is 6.54 Å². The third-order valence-corrected chi connectivity index (χ3v) is 2.29. The van der Waals surface area contributed by atoms with Gasteiger partial charge in [0.15, 0.2) is 0 Å². The van der Waals surface area contributed by atoms with Crippen LogP contribution in [0, 0.1) is 5.92 Å². The molecular formula is C11H17N5. The molecule has 2 N–H and O–H groups in total. The molecule has 16 heavy (non-hydrogen) atoms. The fourth-order valence-electron chi connectivity index (χ4n) is 1.46. The Morgan fingerprint density at radius 3 is 3.06 bits per heavy atom. The van der Waals surface area contributed by atoms with Gasteiger partial charge in [-0.2, -0.15) is 5.10 Å². The third kappa shape index (κ3) is 2.62. The summed E-state index contributed by atoms with van der Waals surface area (Å²) in [6.07, 6.45) is 7.50. The maximum Gasteiger partial charge on any atom is 0.203 e. The van der Waals surface area contributed by atoms with Gasteiger partial charge in [-0.15, -0.1) is 0 Å². The molecule has 0 amide bonds. The van der Waals surface area contributed by atoms with E-state index < -0.39 is 0 Å². The number of nitrogens with zero attached hydrogens (tertiary/aromatic N) is 3. The molecule has 5 nitrogen and oxygen atoms in total. The maximum atomic E-state index is 4.29. The molecular weight excluding hydrogens is 202 g/mol. The van der Waals surface area contributed by atoms with Crippen LogP contribution >= 0.6 is 0 Å². The van der Waals surface area contributed by atoms with E-state index in [1.807, 2.05) is 24.8 Å². The first-order chi connectivity index (χ1) is 7.75. The maximum absolute atomic E-state index is 4.29. The quantitative estimate of drug-likeness (QED) is 0.805. The Morgan fingerprint density at radius 2 is 2.38 bits per heavy atom. The predicted molar refractivity (Wildman–Crippen MR) is 63.2 cm³/mol. The second kappa shape index (κ2) is 4.83. The van der Waals surface area contributed by atoms with Crippen LogP contribution < -0.4 is 5.32 Å². The minimum absolute atomic E-state index is 0.610. The van der Waals surface area contributed by atoms with Crippen molar-refractivity contribution in [2.24, 2.45) is 5.92 Å². The lowest BCUT2D eigenvalue weighted by Crippen LogP contribution is -2.12. The van der Waals surface area contributed by atoms with E-state index in [4.69, 9.17) is 0 Å². The summed E-state index contributed by atoms with van der Waals surface area (Å²) in [4.78, 5) is 4.29. The van der Waals surface area contributed by atoms with Crippen molar-refractivity contribution >= 4 is 5.95 Å². The van der Waals surface area contributed by atoms with Gasteiger partial charge < -0.3 is 9.88 Å². The van der Waals surface area contributed by atoms with E-state index in [1.165, 1.54) is 0 Å². The van der Waals surface area contributed by atoms with Crippen molar-refractivity contribution in [3.8, 4) is 0 Å². The molecule has 0 aliphatic rings. The molecule has 0 aliphatic carbocycles. The van der Waals surface area contributed by atoms with Gasteiger partial charge in [0.2, 0.25) is 5.95 Å². The average Bonchev–Trinajstić information content (AvgIpc) is 2.87. The van der Waals surface area contributed by atoms with Gasteiger partial charge in [-0.25, -0.2) is 4.98 Å². The lowest BCUT2D eigenvalue weighted by Gasteiger charge is -2.10. The molecule has 86 valence electrons. The van der Waals surface area contributed by atoms with E-state index in [9.17, 15) is 0 Å². The Kier molecular flexibility index (Phi) is 3.24. The highest BCUT2D eigenvalue weighted by Gasteiger charge is 2.04. The molecule has 0 aliphatic heterocycles. The molecule has 0 unspecified atom stereocenters. The van der Waals surface area contributed by atoms with Crippen LogP contribution in [0.25, 0.3) is 0 Å². The molecule has 0 saturated heterocycles. The number of nitrogens with one attached hydrogen (secondary N) is 2. The molecule has 0 spiro atoms. The topological polar surface area (TPSA) is 58.5 Å². The Hall–Kier alpha value is -1.78. The first-order valence-corrected chi connectivity index (χ1v) is 5.48. The van der Waals surface area contributed by atoms with Crippen molar-refractivity contribution in [3.63, 3.8) is 0 Å². The number of aromatic nitrogens is 4. The van der Waals surface area contributed by atoms with Crippen molar-refractivity contribution < 1.29 is 0 Å². The lowest BCUT2D eigenvalue weighted by atomic mass is 10.2. The first kappa shape index (κ1) is 10.7. The second-order valence-electron chi connectivity index (χ2n) is 4.26. The number of imidazole rings is 1. The highest BCUT2D eigenvalue weighted by atomic mass is 15.2. The van der Waals surface area contributed by atoms with Crippen molar-refractivity contribution in [1.29, 1.82) is 0 Å². The molecule has 0 bridgehead atoms. The summed E-state index contributed by atoms with van der Waals surface area (Å²) in [6.45, 7) is 6.08. The molecule has 0 fully saturated rings. The molecule has 0 radical (unpaired) electrons. The van der Waals surface area contributed by atoms with Gasteiger partial charge in [-0.3, -0.25) is 5.10 Å². The summed E-state index contributed by atoms with van der Waals surface area (Å²) in [5.41, 5.74) is 1.14. The molecule has 2 heterocycles. The number of rotatable bonds is 5. The van der Waals surface area contributed by atoms with Gasteiger partial charge in [0.25, 0.3) is 0 Å². The van der Waals surface area contributed by atoms with Crippen LogP contribution in [0.15, 0.2) is 24.8 Å². The predicted octanol–water partition coefficient (Wildman–Crippen LogP) is 1.72. The van der Waals surface area contributed by atoms with E-state index >= 15 is 0 Å². The van der Waals surface area contributed by atoms with E-state index in [0.29, 0.717) is 5.92 Å².